The molecule has 13 rings (SSSR count). The molecule has 1 aliphatic rings. The predicted molar refractivity (Wildman–Crippen MR) is 314 cm³/mol. The average Bonchev–Trinajstić information content (AvgIpc) is 3.96. The lowest BCUT2D eigenvalue weighted by molar-refractivity contribution is 0.768. The lowest BCUT2D eigenvalue weighted by atomic mass is 9.67. The van der Waals surface area contributed by atoms with Gasteiger partial charge < -0.3 is 9.47 Å². The van der Waals surface area contributed by atoms with Crippen LogP contribution in [0.5, 0.6) is 0 Å². The van der Waals surface area contributed by atoms with Gasteiger partial charge in [-0.25, -0.2) is 0 Å². The molecule has 0 atom stereocenters. The number of hydrogen-bond acceptors (Lipinski definition) is 1. The minimum Gasteiger partial charge on any atom is -0.310 e. The molecule has 0 amide bonds. The highest BCUT2D eigenvalue weighted by molar-refractivity contribution is 6.10. The third kappa shape index (κ3) is 7.42. The quantitative estimate of drug-likeness (QED) is 0.117. The summed E-state index contributed by atoms with van der Waals surface area (Å²) >= 11 is 0. The Morgan fingerprint density at radius 1 is 0.432 bits per heavy atom. The summed E-state index contributed by atoms with van der Waals surface area (Å²) in [5, 5.41) is 4.87. The number of para-hydroxylation sites is 1. The fourth-order valence-electron chi connectivity index (χ4n) is 11.8. The van der Waals surface area contributed by atoms with Gasteiger partial charge in [-0.3, -0.25) is 0 Å². The van der Waals surface area contributed by atoms with Gasteiger partial charge in [0.15, 0.2) is 0 Å². The van der Waals surface area contributed by atoms with Crippen molar-refractivity contribution >= 4 is 55.2 Å². The summed E-state index contributed by atoms with van der Waals surface area (Å²) in [5.41, 5.74) is 21.0. The largest absolute Gasteiger partial charge is 0.310 e. The van der Waals surface area contributed by atoms with Crippen molar-refractivity contribution in [3.8, 4) is 39.1 Å². The minimum absolute atomic E-state index is 0.521. The highest BCUT2D eigenvalue weighted by atomic mass is 15.1. The number of aromatic nitrogens is 1. The fourth-order valence-corrected chi connectivity index (χ4v) is 11.8. The molecule has 0 spiro atoms. The third-order valence-electron chi connectivity index (χ3n) is 15.2. The molecule has 2 heteroatoms. The first kappa shape index (κ1) is 44.4. The summed E-state index contributed by atoms with van der Waals surface area (Å²) in [6.45, 7) is 5.94. The fraction of sp³-hybridized carbons (Fsp3) is 0.0278. The van der Waals surface area contributed by atoms with E-state index in [0.717, 1.165) is 33.9 Å². The summed E-state index contributed by atoms with van der Waals surface area (Å²) in [4.78, 5) is 2.46. The number of allylic oxidation sites excluding steroid dienone is 5. The van der Waals surface area contributed by atoms with Crippen molar-refractivity contribution in [2.24, 2.45) is 0 Å². The van der Waals surface area contributed by atoms with E-state index in [4.69, 9.17) is 0 Å². The minimum atomic E-state index is -0.521. The molecule has 0 radical (unpaired) electrons. The second-order valence-electron chi connectivity index (χ2n) is 19.3. The standard InChI is InChI=1S/C72H52N2/c1-3-4-7-20-50(2)51-39-42-59(43-40-51)74-70-33-17-15-31-65(70)66-48-56(41-46-71(66)74)53-37-35-52(36-38-53)55-23-18-28-60(47-55)73(69-34-19-22-54-21-12-13-29-62(54)69)61-44-45-64-63-30-14-16-32-67(63)72(68(64)49-61,57-24-8-5-9-25-57)58-26-10-6-11-27-58/h3-49H,1H2,2H3/b7-4-,50-20+. The molecule has 1 aliphatic carbocycles. The molecule has 0 saturated carbocycles. The Kier molecular flexibility index (Phi) is 11.2. The molecule has 2 nitrogen and oxygen atoms in total. The van der Waals surface area contributed by atoms with Gasteiger partial charge in [0, 0.05) is 33.2 Å². The maximum Gasteiger partial charge on any atom is 0.0714 e. The van der Waals surface area contributed by atoms with Gasteiger partial charge in [0.2, 0.25) is 0 Å². The van der Waals surface area contributed by atoms with Crippen LogP contribution >= 0.6 is 0 Å². The van der Waals surface area contributed by atoms with Gasteiger partial charge in [-0.2, -0.15) is 0 Å². The van der Waals surface area contributed by atoms with E-state index in [-0.39, 0.29) is 0 Å². The second kappa shape index (κ2) is 18.6. The Labute approximate surface area is 433 Å². The van der Waals surface area contributed by atoms with Crippen LogP contribution < -0.4 is 4.90 Å². The Balaban J connectivity index is 0.895. The number of nitrogens with zero attached hydrogens (tertiary/aromatic N) is 2. The number of rotatable bonds is 11. The van der Waals surface area contributed by atoms with Crippen molar-refractivity contribution in [1.82, 2.24) is 4.57 Å². The molecule has 1 heterocycles. The monoisotopic (exact) mass is 944 g/mol. The molecule has 12 aromatic rings. The zero-order valence-electron chi connectivity index (χ0n) is 41.2. The van der Waals surface area contributed by atoms with Gasteiger partial charge in [-0.15, -0.1) is 0 Å². The molecule has 0 bridgehead atoms. The van der Waals surface area contributed by atoms with Crippen LogP contribution in [0.4, 0.5) is 17.1 Å². The van der Waals surface area contributed by atoms with E-state index in [9.17, 15) is 0 Å². The first-order valence-corrected chi connectivity index (χ1v) is 25.5. The second-order valence-corrected chi connectivity index (χ2v) is 19.3. The predicted octanol–water partition coefficient (Wildman–Crippen LogP) is 19.2. The zero-order valence-corrected chi connectivity index (χ0v) is 41.2. The molecular formula is C72H52N2. The summed E-state index contributed by atoms with van der Waals surface area (Å²) in [5.74, 6) is 0. The molecular weight excluding hydrogens is 893 g/mol. The van der Waals surface area contributed by atoms with E-state index in [2.05, 4.69) is 290 Å². The van der Waals surface area contributed by atoms with Crippen LogP contribution in [0.3, 0.4) is 0 Å². The summed E-state index contributed by atoms with van der Waals surface area (Å²) in [6, 6.07) is 96.3. The Morgan fingerprint density at radius 2 is 1.03 bits per heavy atom. The van der Waals surface area contributed by atoms with Gasteiger partial charge in [0.1, 0.15) is 0 Å². The Morgan fingerprint density at radius 3 is 1.78 bits per heavy atom. The molecule has 0 saturated heterocycles. The van der Waals surface area contributed by atoms with E-state index in [1.54, 1.807) is 6.08 Å². The van der Waals surface area contributed by atoms with E-state index < -0.39 is 5.41 Å². The van der Waals surface area contributed by atoms with E-state index in [1.165, 1.54) is 88.2 Å². The number of anilines is 3. The smallest absolute Gasteiger partial charge is 0.0714 e. The van der Waals surface area contributed by atoms with Crippen molar-refractivity contribution in [3.05, 3.63) is 320 Å². The normalized spacial score (nSPS) is 12.9. The van der Waals surface area contributed by atoms with Crippen molar-refractivity contribution in [2.75, 3.05) is 4.90 Å². The summed E-state index contributed by atoms with van der Waals surface area (Å²) in [7, 11) is 0. The van der Waals surface area contributed by atoms with E-state index >= 15 is 0 Å². The third-order valence-corrected chi connectivity index (χ3v) is 15.2. The molecule has 1 aromatic heterocycles. The zero-order chi connectivity index (χ0) is 49.6. The Bertz CT molecular complexity index is 4090. The molecule has 11 aromatic carbocycles. The molecule has 0 fully saturated rings. The van der Waals surface area contributed by atoms with Crippen LogP contribution in [-0.4, -0.2) is 4.57 Å². The van der Waals surface area contributed by atoms with E-state index in [0.29, 0.717) is 0 Å². The van der Waals surface area contributed by atoms with Crippen LogP contribution in [-0.2, 0) is 5.41 Å². The van der Waals surface area contributed by atoms with Gasteiger partial charge in [0.25, 0.3) is 0 Å². The van der Waals surface area contributed by atoms with Crippen molar-refractivity contribution in [3.63, 3.8) is 0 Å². The van der Waals surface area contributed by atoms with Gasteiger partial charge in [0.05, 0.1) is 22.1 Å². The number of benzene rings is 11. The van der Waals surface area contributed by atoms with Crippen LogP contribution in [0.1, 0.15) is 34.7 Å². The summed E-state index contributed by atoms with van der Waals surface area (Å²) < 4.78 is 2.39. The van der Waals surface area contributed by atoms with Crippen LogP contribution in [0.25, 0.3) is 77.2 Å². The van der Waals surface area contributed by atoms with Crippen molar-refractivity contribution < 1.29 is 0 Å². The number of fused-ring (bicyclic) bond motifs is 7. The maximum absolute atomic E-state index is 3.79. The van der Waals surface area contributed by atoms with Gasteiger partial charge >= 0.3 is 0 Å². The van der Waals surface area contributed by atoms with Gasteiger partial charge in [-0.1, -0.05) is 231 Å². The lowest BCUT2D eigenvalue weighted by Crippen LogP contribution is -2.28. The first-order valence-electron chi connectivity index (χ1n) is 25.5. The highest BCUT2D eigenvalue weighted by Crippen LogP contribution is 2.57. The molecule has 0 unspecified atom stereocenters. The number of hydrogen-bond donors (Lipinski definition) is 0. The SMILES string of the molecule is C=C/C=C\C=C(/C)c1ccc(-n2c3ccccc3c3cc(-c4ccc(-c5cccc(N(c6ccc7c(c6)C(c6ccccc6)(c6ccccc6)c6ccccc6-7)c6cccc7ccccc67)c5)cc4)ccc32)cc1. The van der Waals surface area contributed by atoms with Crippen LogP contribution in [0.2, 0.25) is 0 Å². The first-order chi connectivity index (χ1) is 36.6. The molecule has 0 N–H and O–H groups in total. The van der Waals surface area contributed by atoms with Crippen molar-refractivity contribution in [2.45, 2.75) is 12.3 Å². The topological polar surface area (TPSA) is 8.17 Å². The highest BCUT2D eigenvalue weighted by Gasteiger charge is 2.46. The lowest BCUT2D eigenvalue weighted by Gasteiger charge is -2.35. The van der Waals surface area contributed by atoms with Crippen molar-refractivity contribution in [1.29, 1.82) is 0 Å². The Hall–Kier alpha value is -9.50. The maximum atomic E-state index is 3.79. The van der Waals surface area contributed by atoms with Crippen LogP contribution in [0.15, 0.2) is 292 Å². The summed E-state index contributed by atoms with van der Waals surface area (Å²) in [6.07, 6.45) is 7.91. The molecule has 350 valence electrons. The molecule has 0 aliphatic heterocycles. The van der Waals surface area contributed by atoms with Crippen LogP contribution in [0, 0.1) is 0 Å². The molecule has 74 heavy (non-hydrogen) atoms. The average molecular weight is 945 g/mol. The van der Waals surface area contributed by atoms with E-state index in [1.807, 2.05) is 12.2 Å². The van der Waals surface area contributed by atoms with Gasteiger partial charge in [-0.05, 0) is 140 Å².